The molecule has 1 amide bonds. The molecule has 1 aromatic heterocycles. The first-order chi connectivity index (χ1) is 17.4. The fourth-order valence-electron chi connectivity index (χ4n) is 5.80. The summed E-state index contributed by atoms with van der Waals surface area (Å²) in [6, 6.07) is 0. The van der Waals surface area contributed by atoms with Crippen LogP contribution >= 0.6 is 0 Å². The molecular weight excluding hydrogens is 458 g/mol. The third-order valence-electron chi connectivity index (χ3n) is 7.87. The third kappa shape index (κ3) is 7.09. The molecule has 0 saturated heterocycles. The minimum atomic E-state index is 0.0860. The van der Waals surface area contributed by atoms with Crippen molar-refractivity contribution in [1.29, 1.82) is 0 Å². The second-order valence-corrected chi connectivity index (χ2v) is 10.6. The molecule has 9 heteroatoms. The van der Waals surface area contributed by atoms with Gasteiger partial charge in [-0.1, -0.05) is 6.58 Å². The highest BCUT2D eigenvalue weighted by atomic mass is 16.5. The Morgan fingerprint density at radius 3 is 2.47 bits per heavy atom. The molecule has 1 fully saturated rings. The quantitative estimate of drug-likeness (QED) is 0.390. The van der Waals surface area contributed by atoms with Crippen LogP contribution in [-0.2, 0) is 38.6 Å². The smallest absolute Gasteiger partial charge is 0.223 e. The first-order valence-electron chi connectivity index (χ1n) is 13.3. The fourth-order valence-corrected chi connectivity index (χ4v) is 5.80. The number of nitrogens with zero attached hydrogens (tertiary/aromatic N) is 4. The lowest BCUT2D eigenvalue weighted by Crippen LogP contribution is -2.39. The van der Waals surface area contributed by atoms with Gasteiger partial charge < -0.3 is 24.4 Å². The molecular formula is C27H47N5O4. The zero-order chi connectivity index (χ0) is 26.1. The van der Waals surface area contributed by atoms with E-state index in [9.17, 15) is 4.79 Å². The minimum absolute atomic E-state index is 0.0860. The van der Waals surface area contributed by atoms with E-state index in [1.54, 1.807) is 21.3 Å². The van der Waals surface area contributed by atoms with E-state index < -0.39 is 0 Å². The van der Waals surface area contributed by atoms with Crippen LogP contribution in [0.3, 0.4) is 0 Å². The van der Waals surface area contributed by atoms with E-state index in [1.165, 1.54) is 17.0 Å². The molecule has 0 bridgehead atoms. The Morgan fingerprint density at radius 1 is 1.17 bits per heavy atom. The van der Waals surface area contributed by atoms with Gasteiger partial charge in [0.1, 0.15) is 0 Å². The largest absolute Gasteiger partial charge is 0.502 e. The van der Waals surface area contributed by atoms with Crippen molar-refractivity contribution in [2.45, 2.75) is 64.1 Å². The van der Waals surface area contributed by atoms with Gasteiger partial charge in [0.15, 0.2) is 0 Å². The Balaban J connectivity index is 1.82. The van der Waals surface area contributed by atoms with Crippen molar-refractivity contribution in [2.24, 2.45) is 5.41 Å². The number of hydrogen-bond acceptors (Lipinski definition) is 7. The highest BCUT2D eigenvalue weighted by Crippen LogP contribution is 2.45. The average Bonchev–Trinajstić information content (AvgIpc) is 3.23. The molecule has 1 N–H and O–H groups in total. The van der Waals surface area contributed by atoms with Crippen molar-refractivity contribution in [1.82, 2.24) is 24.9 Å². The maximum Gasteiger partial charge on any atom is 0.223 e. The number of nitrogens with one attached hydrogen (secondary N) is 1. The van der Waals surface area contributed by atoms with Crippen LogP contribution < -0.4 is 5.32 Å². The Kier molecular flexibility index (Phi) is 10.8. The normalized spacial score (nSPS) is 17.9. The molecule has 1 aliphatic carbocycles. The van der Waals surface area contributed by atoms with E-state index in [-0.39, 0.29) is 11.3 Å². The molecule has 2 heterocycles. The van der Waals surface area contributed by atoms with Crippen molar-refractivity contribution >= 4 is 5.91 Å². The Morgan fingerprint density at radius 2 is 1.86 bits per heavy atom. The van der Waals surface area contributed by atoms with E-state index in [4.69, 9.17) is 19.3 Å². The lowest BCUT2D eigenvalue weighted by Gasteiger charge is -2.40. The maximum atomic E-state index is 13.0. The number of amides is 1. The maximum absolute atomic E-state index is 13.0. The van der Waals surface area contributed by atoms with Crippen LogP contribution in [0.2, 0.25) is 0 Å². The van der Waals surface area contributed by atoms with E-state index in [2.05, 4.69) is 28.5 Å². The second kappa shape index (κ2) is 13.6. The van der Waals surface area contributed by atoms with Gasteiger partial charge in [-0.3, -0.25) is 14.4 Å². The number of aromatic nitrogens is 2. The van der Waals surface area contributed by atoms with Gasteiger partial charge in [0.25, 0.3) is 0 Å². The van der Waals surface area contributed by atoms with Crippen molar-refractivity contribution < 1.29 is 19.0 Å². The van der Waals surface area contributed by atoms with Gasteiger partial charge in [0.2, 0.25) is 5.91 Å². The van der Waals surface area contributed by atoms with Crippen molar-refractivity contribution in [3.63, 3.8) is 0 Å². The van der Waals surface area contributed by atoms with Gasteiger partial charge in [-0.15, -0.1) is 0 Å². The molecule has 0 spiro atoms. The number of methoxy groups -OCH3 is 3. The van der Waals surface area contributed by atoms with Gasteiger partial charge in [0.05, 0.1) is 50.6 Å². The molecule has 0 unspecified atom stereocenters. The highest BCUT2D eigenvalue weighted by molar-refractivity contribution is 5.76. The summed E-state index contributed by atoms with van der Waals surface area (Å²) in [5.74, 6) is 1.24. The second-order valence-electron chi connectivity index (χ2n) is 10.6. The number of hydrogen-bond donors (Lipinski definition) is 1. The number of fused-ring (bicyclic) bond motifs is 1. The summed E-state index contributed by atoms with van der Waals surface area (Å²) in [4.78, 5) is 17.3. The molecule has 2 aliphatic rings. The van der Waals surface area contributed by atoms with Crippen LogP contribution in [-0.4, -0.2) is 93.8 Å². The van der Waals surface area contributed by atoms with Crippen LogP contribution in [0.5, 0.6) is 0 Å². The molecule has 1 saturated carbocycles. The lowest BCUT2D eigenvalue weighted by molar-refractivity contribution is -0.132. The molecule has 3 rings (SSSR count). The predicted octanol–water partition coefficient (Wildman–Crippen LogP) is 2.75. The summed E-state index contributed by atoms with van der Waals surface area (Å²) in [5, 5.41) is 8.33. The minimum Gasteiger partial charge on any atom is -0.502 e. The van der Waals surface area contributed by atoms with Crippen LogP contribution in [0, 0.1) is 5.41 Å². The zero-order valence-electron chi connectivity index (χ0n) is 23.1. The molecule has 1 aliphatic heterocycles. The van der Waals surface area contributed by atoms with Gasteiger partial charge in [-0.25, -0.2) is 0 Å². The van der Waals surface area contributed by atoms with Crippen molar-refractivity contribution in [2.75, 3.05) is 68.3 Å². The van der Waals surface area contributed by atoms with E-state index in [1.807, 2.05) is 11.9 Å². The molecule has 9 nitrogen and oxygen atoms in total. The van der Waals surface area contributed by atoms with Gasteiger partial charge in [-0.2, -0.15) is 5.10 Å². The van der Waals surface area contributed by atoms with Crippen molar-refractivity contribution in [3.8, 4) is 0 Å². The number of likely N-dealkylation sites (N-methyl/N-ethyl adjacent to an activating group) is 2. The Hall–Kier alpha value is -1.94. The molecule has 0 aromatic carbocycles. The summed E-state index contributed by atoms with van der Waals surface area (Å²) in [6.45, 7) is 10.1. The molecule has 0 radical (unpaired) electrons. The summed E-state index contributed by atoms with van der Waals surface area (Å²) >= 11 is 0. The highest BCUT2D eigenvalue weighted by Gasteiger charge is 2.39. The Bertz CT molecular complexity index is 855. The average molecular weight is 506 g/mol. The summed E-state index contributed by atoms with van der Waals surface area (Å²) in [7, 11) is 9.30. The topological polar surface area (TPSA) is 81.1 Å². The van der Waals surface area contributed by atoms with E-state index in [0.717, 1.165) is 65.1 Å². The SMILES string of the molecule is C=C(CCC(=O)N1CCn2nc(CN(C)CCNC)c(C3CCC(COC)(COC)CC3)c2C1)OC. The van der Waals surface area contributed by atoms with Crippen molar-refractivity contribution in [3.05, 3.63) is 29.3 Å². The molecule has 0 atom stereocenters. The van der Waals surface area contributed by atoms with Gasteiger partial charge >= 0.3 is 0 Å². The summed E-state index contributed by atoms with van der Waals surface area (Å²) in [6.07, 6.45) is 5.29. The number of ether oxygens (including phenoxy) is 3. The lowest BCUT2D eigenvalue weighted by atomic mass is 9.69. The van der Waals surface area contributed by atoms with Crippen LogP contribution in [0.1, 0.15) is 61.4 Å². The Labute approximate surface area is 217 Å². The van der Waals surface area contributed by atoms with E-state index >= 15 is 0 Å². The number of carbonyl (C=O) groups is 1. The zero-order valence-corrected chi connectivity index (χ0v) is 23.1. The molecule has 204 valence electrons. The summed E-state index contributed by atoms with van der Waals surface area (Å²) < 4.78 is 18.5. The number of rotatable bonds is 14. The van der Waals surface area contributed by atoms with E-state index in [0.29, 0.717) is 37.6 Å². The van der Waals surface area contributed by atoms with Gasteiger partial charge in [-0.05, 0) is 45.7 Å². The molecule has 1 aromatic rings. The van der Waals surface area contributed by atoms with Crippen LogP contribution in [0.15, 0.2) is 12.3 Å². The number of allylic oxidation sites excluding steroid dienone is 1. The van der Waals surface area contributed by atoms with Crippen LogP contribution in [0.25, 0.3) is 0 Å². The standard InChI is InChI=1S/C27H47N5O4/c1-21(36-6)7-8-25(33)31-15-16-32-24(18-31)26(23(29-32)17-30(3)14-13-28-2)22-9-11-27(12-10-22,19-34-4)20-35-5/h22,28H,1,7-20H2,2-6H3. The third-order valence-corrected chi connectivity index (χ3v) is 7.87. The number of carbonyl (C=O) groups excluding carboxylic acids is 1. The first kappa shape index (κ1) is 28.6. The van der Waals surface area contributed by atoms with Gasteiger partial charge in [0, 0.05) is 64.2 Å². The monoisotopic (exact) mass is 505 g/mol. The molecule has 36 heavy (non-hydrogen) atoms. The van der Waals surface area contributed by atoms with Crippen LogP contribution in [0.4, 0.5) is 0 Å². The summed E-state index contributed by atoms with van der Waals surface area (Å²) in [5.41, 5.74) is 3.84. The fraction of sp³-hybridized carbons (Fsp3) is 0.778. The predicted molar refractivity (Wildman–Crippen MR) is 141 cm³/mol. The first-order valence-corrected chi connectivity index (χ1v) is 13.3.